The number of hydrogen-bond acceptors (Lipinski definition) is 3. The number of benzene rings is 2. The largest absolute Gasteiger partial charge is 0.466 e. The zero-order chi connectivity index (χ0) is 19.4. The lowest BCUT2D eigenvalue weighted by Crippen LogP contribution is -2.46. The van der Waals surface area contributed by atoms with Crippen LogP contribution < -0.4 is 0 Å². The van der Waals surface area contributed by atoms with E-state index in [9.17, 15) is 14.0 Å². The second-order valence-corrected chi connectivity index (χ2v) is 6.79. The van der Waals surface area contributed by atoms with Crippen molar-refractivity contribution < 1.29 is 18.7 Å². The van der Waals surface area contributed by atoms with Crippen molar-refractivity contribution in [3.8, 4) is 0 Å². The molecule has 1 fully saturated rings. The second kappa shape index (κ2) is 8.33. The first-order chi connectivity index (χ1) is 13.0. The first kappa shape index (κ1) is 19.1. The van der Waals surface area contributed by atoms with E-state index in [-0.39, 0.29) is 24.0 Å². The van der Waals surface area contributed by atoms with Gasteiger partial charge in [-0.15, -0.1) is 0 Å². The van der Waals surface area contributed by atoms with Crippen LogP contribution in [0.5, 0.6) is 0 Å². The van der Waals surface area contributed by atoms with Crippen molar-refractivity contribution in [3.05, 3.63) is 71.0 Å². The molecule has 0 unspecified atom stereocenters. The summed E-state index contributed by atoms with van der Waals surface area (Å²) in [6, 6.07) is 13.6. The highest BCUT2D eigenvalue weighted by Gasteiger charge is 2.41. The maximum absolute atomic E-state index is 14.4. The molecule has 1 heterocycles. The Morgan fingerprint density at radius 2 is 1.89 bits per heavy atom. The van der Waals surface area contributed by atoms with Crippen molar-refractivity contribution in [1.82, 2.24) is 4.90 Å². The summed E-state index contributed by atoms with van der Waals surface area (Å²) in [5.74, 6) is -1.69. The third kappa shape index (κ3) is 3.87. The van der Waals surface area contributed by atoms with Crippen molar-refractivity contribution in [2.45, 2.75) is 32.7 Å². The number of rotatable bonds is 4. The van der Waals surface area contributed by atoms with Crippen LogP contribution in [0.3, 0.4) is 0 Å². The topological polar surface area (TPSA) is 46.6 Å². The molecule has 0 aliphatic carbocycles. The third-order valence-electron chi connectivity index (χ3n) is 5.06. The Bertz CT molecular complexity index is 801. The van der Waals surface area contributed by atoms with Gasteiger partial charge in [0.05, 0.1) is 24.1 Å². The van der Waals surface area contributed by atoms with Gasteiger partial charge in [-0.05, 0) is 43.9 Å². The molecule has 27 heavy (non-hydrogen) atoms. The third-order valence-corrected chi connectivity index (χ3v) is 5.06. The van der Waals surface area contributed by atoms with E-state index in [1.54, 1.807) is 30.9 Å². The van der Waals surface area contributed by atoms with Gasteiger partial charge in [0.25, 0.3) is 5.91 Å². The molecule has 1 saturated heterocycles. The Kier molecular flexibility index (Phi) is 5.89. The number of esters is 1. The summed E-state index contributed by atoms with van der Waals surface area (Å²) in [6.07, 6.45) is 1.31. The van der Waals surface area contributed by atoms with Crippen molar-refractivity contribution in [1.29, 1.82) is 0 Å². The number of piperidine rings is 1. The Labute approximate surface area is 158 Å². The lowest BCUT2D eigenvalue weighted by Gasteiger charge is -2.40. The zero-order valence-electron chi connectivity index (χ0n) is 15.7. The number of amides is 1. The minimum Gasteiger partial charge on any atom is -0.466 e. The van der Waals surface area contributed by atoms with E-state index in [0.717, 1.165) is 5.56 Å². The number of nitrogens with zero attached hydrogens (tertiary/aromatic N) is 1. The molecule has 2 aromatic rings. The number of ether oxygens (including phenoxy) is 1. The van der Waals surface area contributed by atoms with E-state index in [1.165, 1.54) is 6.07 Å². The molecule has 3 rings (SSSR count). The van der Waals surface area contributed by atoms with Crippen LogP contribution in [0.4, 0.5) is 4.39 Å². The molecule has 1 amide bonds. The molecule has 0 radical (unpaired) electrons. The van der Waals surface area contributed by atoms with Crippen LogP contribution in [0.15, 0.2) is 48.5 Å². The maximum atomic E-state index is 14.4. The smallest absolute Gasteiger partial charge is 0.311 e. The van der Waals surface area contributed by atoms with E-state index in [1.807, 2.05) is 30.3 Å². The monoisotopic (exact) mass is 369 g/mol. The molecular weight excluding hydrogens is 345 g/mol. The van der Waals surface area contributed by atoms with Gasteiger partial charge >= 0.3 is 5.97 Å². The SMILES string of the molecule is CCOC(=O)[C@H]1CCCN(C(=O)c2c(C)cccc2F)[C@H]1c1ccccc1. The summed E-state index contributed by atoms with van der Waals surface area (Å²) < 4.78 is 19.7. The zero-order valence-corrected chi connectivity index (χ0v) is 15.7. The first-order valence-electron chi connectivity index (χ1n) is 9.32. The lowest BCUT2D eigenvalue weighted by molar-refractivity contribution is -0.151. The van der Waals surface area contributed by atoms with Gasteiger partial charge in [-0.2, -0.15) is 0 Å². The van der Waals surface area contributed by atoms with E-state index >= 15 is 0 Å². The number of carbonyl (C=O) groups excluding carboxylic acids is 2. The quantitative estimate of drug-likeness (QED) is 0.756. The molecule has 0 bridgehead atoms. The maximum Gasteiger partial charge on any atom is 0.311 e. The summed E-state index contributed by atoms with van der Waals surface area (Å²) in [5, 5.41) is 0. The standard InChI is InChI=1S/C22H24FNO3/c1-3-27-22(26)17-12-8-14-24(20(17)16-10-5-4-6-11-16)21(25)19-15(2)9-7-13-18(19)23/h4-7,9-11,13,17,20H,3,8,12,14H2,1-2H3/t17-,20-/m0/s1. The fraction of sp³-hybridized carbons (Fsp3) is 0.364. The fourth-order valence-corrected chi connectivity index (χ4v) is 3.83. The highest BCUT2D eigenvalue weighted by molar-refractivity contribution is 5.96. The molecule has 1 aliphatic heterocycles. The number of likely N-dealkylation sites (tertiary alicyclic amines) is 1. The van der Waals surface area contributed by atoms with Crippen LogP contribution in [-0.4, -0.2) is 29.9 Å². The fourth-order valence-electron chi connectivity index (χ4n) is 3.83. The van der Waals surface area contributed by atoms with Gasteiger partial charge in [-0.1, -0.05) is 42.5 Å². The van der Waals surface area contributed by atoms with Crippen LogP contribution >= 0.6 is 0 Å². The number of carbonyl (C=O) groups is 2. The molecule has 0 saturated carbocycles. The minimum atomic E-state index is -0.537. The van der Waals surface area contributed by atoms with Crippen LogP contribution in [0, 0.1) is 18.7 Å². The van der Waals surface area contributed by atoms with Crippen LogP contribution in [-0.2, 0) is 9.53 Å². The highest BCUT2D eigenvalue weighted by Crippen LogP contribution is 2.38. The van der Waals surface area contributed by atoms with E-state index in [0.29, 0.717) is 24.9 Å². The normalized spacial score (nSPS) is 19.6. The predicted octanol–water partition coefficient (Wildman–Crippen LogP) is 4.29. The Balaban J connectivity index is 2.03. The van der Waals surface area contributed by atoms with Gasteiger partial charge in [-0.3, -0.25) is 9.59 Å². The lowest BCUT2D eigenvalue weighted by atomic mass is 9.84. The first-order valence-corrected chi connectivity index (χ1v) is 9.32. The van der Waals surface area contributed by atoms with Gasteiger partial charge in [0.15, 0.2) is 0 Å². The molecule has 4 nitrogen and oxygen atoms in total. The summed E-state index contributed by atoms with van der Waals surface area (Å²) in [7, 11) is 0. The Morgan fingerprint density at radius 1 is 1.15 bits per heavy atom. The molecule has 1 aliphatic rings. The van der Waals surface area contributed by atoms with Gasteiger partial charge < -0.3 is 9.64 Å². The van der Waals surface area contributed by atoms with E-state index in [2.05, 4.69) is 0 Å². The van der Waals surface area contributed by atoms with Gasteiger partial charge in [0.2, 0.25) is 0 Å². The summed E-state index contributed by atoms with van der Waals surface area (Å²) in [5.41, 5.74) is 1.52. The van der Waals surface area contributed by atoms with Crippen LogP contribution in [0.25, 0.3) is 0 Å². The van der Waals surface area contributed by atoms with Crippen molar-refractivity contribution >= 4 is 11.9 Å². The van der Waals surface area contributed by atoms with Crippen LogP contribution in [0.1, 0.15) is 47.3 Å². The molecule has 0 N–H and O–H groups in total. The van der Waals surface area contributed by atoms with Gasteiger partial charge in [-0.25, -0.2) is 4.39 Å². The average Bonchev–Trinajstić information content (AvgIpc) is 2.68. The predicted molar refractivity (Wildman–Crippen MR) is 101 cm³/mol. The molecule has 2 aromatic carbocycles. The molecular formula is C22H24FNO3. The molecule has 2 atom stereocenters. The van der Waals surface area contributed by atoms with Crippen molar-refractivity contribution in [2.75, 3.05) is 13.2 Å². The second-order valence-electron chi connectivity index (χ2n) is 6.79. The summed E-state index contributed by atoms with van der Waals surface area (Å²) >= 11 is 0. The average molecular weight is 369 g/mol. The number of hydrogen-bond donors (Lipinski definition) is 0. The van der Waals surface area contributed by atoms with Crippen molar-refractivity contribution in [3.63, 3.8) is 0 Å². The Hall–Kier alpha value is -2.69. The molecule has 0 spiro atoms. The molecule has 142 valence electrons. The Morgan fingerprint density at radius 3 is 2.56 bits per heavy atom. The highest BCUT2D eigenvalue weighted by atomic mass is 19.1. The molecule has 5 heteroatoms. The van der Waals surface area contributed by atoms with Gasteiger partial charge in [0, 0.05) is 6.54 Å². The summed E-state index contributed by atoms with van der Waals surface area (Å²) in [4.78, 5) is 27.5. The van der Waals surface area contributed by atoms with E-state index < -0.39 is 17.8 Å². The van der Waals surface area contributed by atoms with Crippen LogP contribution in [0.2, 0.25) is 0 Å². The number of aryl methyl sites for hydroxylation is 1. The number of halogens is 1. The minimum absolute atomic E-state index is 0.0722. The van der Waals surface area contributed by atoms with Gasteiger partial charge in [0.1, 0.15) is 5.82 Å². The molecule has 0 aromatic heterocycles. The van der Waals surface area contributed by atoms with Crippen molar-refractivity contribution in [2.24, 2.45) is 5.92 Å². The van der Waals surface area contributed by atoms with E-state index in [4.69, 9.17) is 4.74 Å². The summed E-state index contributed by atoms with van der Waals surface area (Å²) in [6.45, 7) is 4.25.